The number of amides is 2. The summed E-state index contributed by atoms with van der Waals surface area (Å²) < 4.78 is 19.1. The standard InChI is InChI=1S/C29H43FN4O3/c1-18(2)26(21-10-12-22(30)13-11-21)34-23-15-25(27(34)35)32(16-23)17-24(31-28(36)37-29(5,6)7)20(4)33-14-8-9-19(33)3/h10-13,18-19,23-26H,4,8-9,14-17H2,1-3,5-7H3,(H,31,36)/t19-,23+,24+,25+,26+/m1/s1. The predicted octanol–water partition coefficient (Wildman–Crippen LogP) is 4.70. The number of carbonyl (C=O) groups excluding carboxylic acids is 2. The largest absolute Gasteiger partial charge is 0.444 e. The van der Waals surface area contributed by atoms with Gasteiger partial charge in [0.15, 0.2) is 0 Å². The van der Waals surface area contributed by atoms with E-state index in [9.17, 15) is 14.0 Å². The Morgan fingerprint density at radius 3 is 2.46 bits per heavy atom. The Hall–Kier alpha value is -2.61. The molecule has 0 radical (unpaired) electrons. The molecule has 0 unspecified atom stereocenters. The van der Waals surface area contributed by atoms with Crippen LogP contribution in [0.5, 0.6) is 0 Å². The van der Waals surface area contributed by atoms with Crippen LogP contribution in [0.3, 0.4) is 0 Å². The summed E-state index contributed by atoms with van der Waals surface area (Å²) >= 11 is 0. The first kappa shape index (κ1) is 27.4. The van der Waals surface area contributed by atoms with E-state index in [1.807, 2.05) is 25.7 Å². The van der Waals surface area contributed by atoms with Crippen molar-refractivity contribution in [3.63, 3.8) is 0 Å². The monoisotopic (exact) mass is 514 g/mol. The second-order valence-corrected chi connectivity index (χ2v) is 12.2. The minimum absolute atomic E-state index is 0.0797. The summed E-state index contributed by atoms with van der Waals surface area (Å²) in [5.41, 5.74) is 1.23. The van der Waals surface area contributed by atoms with E-state index in [4.69, 9.17) is 4.74 Å². The smallest absolute Gasteiger partial charge is 0.408 e. The number of benzene rings is 1. The molecule has 5 atom stereocenters. The summed E-state index contributed by atoms with van der Waals surface area (Å²) in [5.74, 6) is 0.0263. The van der Waals surface area contributed by atoms with Crippen molar-refractivity contribution in [2.75, 3.05) is 19.6 Å². The number of hydrogen-bond acceptors (Lipinski definition) is 5. The Bertz CT molecular complexity index is 1010. The maximum absolute atomic E-state index is 13.7. The van der Waals surface area contributed by atoms with Gasteiger partial charge < -0.3 is 19.9 Å². The molecule has 3 saturated heterocycles. The van der Waals surface area contributed by atoms with Gasteiger partial charge in [0, 0.05) is 37.4 Å². The molecule has 8 heteroatoms. The summed E-state index contributed by atoms with van der Waals surface area (Å²) in [6.45, 7) is 18.5. The predicted molar refractivity (Wildman–Crippen MR) is 142 cm³/mol. The number of rotatable bonds is 8. The topological polar surface area (TPSA) is 65.1 Å². The average Bonchev–Trinajstić information content (AvgIpc) is 3.48. The Morgan fingerprint density at radius 1 is 1.24 bits per heavy atom. The Kier molecular flexibility index (Phi) is 7.88. The van der Waals surface area contributed by atoms with E-state index < -0.39 is 11.7 Å². The minimum atomic E-state index is -0.605. The molecule has 0 aromatic heterocycles. The third-order valence-electron chi connectivity index (χ3n) is 7.89. The summed E-state index contributed by atoms with van der Waals surface area (Å²) in [5, 5.41) is 3.05. The van der Waals surface area contributed by atoms with Crippen molar-refractivity contribution in [2.45, 2.75) is 96.6 Å². The molecule has 3 aliphatic heterocycles. The fourth-order valence-corrected chi connectivity index (χ4v) is 6.26. The van der Waals surface area contributed by atoms with Gasteiger partial charge in [-0.1, -0.05) is 32.6 Å². The lowest BCUT2D eigenvalue weighted by molar-refractivity contribution is -0.140. The van der Waals surface area contributed by atoms with E-state index in [0.29, 0.717) is 12.6 Å². The van der Waals surface area contributed by atoms with Gasteiger partial charge in [0.2, 0.25) is 5.91 Å². The fraction of sp³-hybridized carbons (Fsp3) is 0.655. The third-order valence-corrected chi connectivity index (χ3v) is 7.89. The van der Waals surface area contributed by atoms with Crippen LogP contribution in [0.4, 0.5) is 9.18 Å². The number of likely N-dealkylation sites (tertiary alicyclic amines) is 3. The van der Waals surface area contributed by atoms with E-state index in [-0.39, 0.29) is 41.8 Å². The summed E-state index contributed by atoms with van der Waals surface area (Å²) in [7, 11) is 0. The van der Waals surface area contributed by atoms with Gasteiger partial charge in [0.05, 0.1) is 18.1 Å². The molecule has 1 N–H and O–H groups in total. The Balaban J connectivity index is 1.50. The van der Waals surface area contributed by atoms with Crippen molar-refractivity contribution in [1.82, 2.24) is 20.0 Å². The molecule has 0 aliphatic carbocycles. The van der Waals surface area contributed by atoms with Crippen molar-refractivity contribution in [3.05, 3.63) is 47.9 Å². The molecule has 7 nitrogen and oxygen atoms in total. The average molecular weight is 515 g/mol. The van der Waals surface area contributed by atoms with Crippen LogP contribution in [-0.2, 0) is 9.53 Å². The second kappa shape index (κ2) is 10.6. The molecule has 3 heterocycles. The lowest BCUT2D eigenvalue weighted by Crippen LogP contribution is -2.56. The normalized spacial score (nSPS) is 25.6. The number of nitrogens with one attached hydrogen (secondary N) is 1. The van der Waals surface area contributed by atoms with E-state index in [1.54, 1.807) is 12.1 Å². The lowest BCUT2D eigenvalue weighted by atomic mass is 9.93. The van der Waals surface area contributed by atoms with E-state index in [0.717, 1.165) is 43.6 Å². The number of halogens is 1. The molecule has 37 heavy (non-hydrogen) atoms. The zero-order chi connectivity index (χ0) is 27.1. The maximum Gasteiger partial charge on any atom is 0.408 e. The molecule has 4 rings (SSSR count). The summed E-state index contributed by atoms with van der Waals surface area (Å²) in [6.07, 6.45) is 2.48. The van der Waals surface area contributed by atoms with Gasteiger partial charge in [-0.3, -0.25) is 9.69 Å². The van der Waals surface area contributed by atoms with Crippen LogP contribution < -0.4 is 5.32 Å². The number of ether oxygens (including phenoxy) is 1. The fourth-order valence-electron chi connectivity index (χ4n) is 6.26. The summed E-state index contributed by atoms with van der Waals surface area (Å²) in [4.78, 5) is 32.9. The zero-order valence-electron chi connectivity index (χ0n) is 23.2. The van der Waals surface area contributed by atoms with Gasteiger partial charge >= 0.3 is 6.09 Å². The van der Waals surface area contributed by atoms with Crippen molar-refractivity contribution in [2.24, 2.45) is 5.92 Å². The molecule has 3 aliphatic rings. The Labute approximate surface area is 221 Å². The summed E-state index contributed by atoms with van der Waals surface area (Å²) in [6, 6.07) is 6.27. The molecular formula is C29H43FN4O3. The van der Waals surface area contributed by atoms with Crippen molar-refractivity contribution >= 4 is 12.0 Å². The van der Waals surface area contributed by atoms with Crippen LogP contribution in [0.2, 0.25) is 0 Å². The van der Waals surface area contributed by atoms with Gasteiger partial charge in [0.25, 0.3) is 0 Å². The minimum Gasteiger partial charge on any atom is -0.444 e. The van der Waals surface area contributed by atoms with Crippen LogP contribution in [0.25, 0.3) is 0 Å². The quantitative estimate of drug-likeness (QED) is 0.545. The molecule has 3 fully saturated rings. The first-order valence-corrected chi connectivity index (χ1v) is 13.6. The number of nitrogens with zero attached hydrogens (tertiary/aromatic N) is 3. The third kappa shape index (κ3) is 5.95. The van der Waals surface area contributed by atoms with Gasteiger partial charge in [-0.2, -0.15) is 0 Å². The van der Waals surface area contributed by atoms with Crippen LogP contribution in [0.15, 0.2) is 36.5 Å². The van der Waals surface area contributed by atoms with Crippen LogP contribution in [-0.4, -0.2) is 76.1 Å². The molecule has 1 aromatic carbocycles. The maximum atomic E-state index is 13.7. The molecule has 1 aromatic rings. The highest BCUT2D eigenvalue weighted by Crippen LogP contribution is 2.41. The molecule has 0 saturated carbocycles. The number of hydrogen-bond donors (Lipinski definition) is 1. The number of fused-ring (bicyclic) bond motifs is 2. The first-order valence-electron chi connectivity index (χ1n) is 13.6. The van der Waals surface area contributed by atoms with Crippen molar-refractivity contribution < 1.29 is 18.7 Å². The zero-order valence-corrected chi connectivity index (χ0v) is 23.2. The van der Waals surface area contributed by atoms with E-state index in [1.165, 1.54) is 12.1 Å². The molecule has 204 valence electrons. The molecule has 2 bridgehead atoms. The van der Waals surface area contributed by atoms with Gasteiger partial charge in [-0.25, -0.2) is 9.18 Å². The van der Waals surface area contributed by atoms with E-state index >= 15 is 0 Å². The van der Waals surface area contributed by atoms with Gasteiger partial charge in [-0.15, -0.1) is 0 Å². The first-order chi connectivity index (χ1) is 17.4. The second-order valence-electron chi connectivity index (χ2n) is 12.2. The van der Waals surface area contributed by atoms with Crippen molar-refractivity contribution in [3.8, 4) is 0 Å². The Morgan fingerprint density at radius 2 is 1.92 bits per heavy atom. The molecule has 2 amide bonds. The SMILES string of the molecule is C=C([C@H](CN1C[C@@H]2C[C@H]1C(=O)N2[C@H](c1ccc(F)cc1)C(C)C)NC(=O)OC(C)(C)C)N1CCC[C@H]1C. The van der Waals surface area contributed by atoms with Gasteiger partial charge in [-0.05, 0) is 70.6 Å². The van der Waals surface area contributed by atoms with E-state index in [2.05, 4.69) is 42.5 Å². The number of piperazine rings is 1. The van der Waals surface area contributed by atoms with Crippen LogP contribution >= 0.6 is 0 Å². The molecular weight excluding hydrogens is 471 g/mol. The van der Waals surface area contributed by atoms with Crippen LogP contribution in [0.1, 0.15) is 72.4 Å². The highest BCUT2D eigenvalue weighted by molar-refractivity contribution is 5.86. The molecule has 0 spiro atoms. The van der Waals surface area contributed by atoms with Gasteiger partial charge in [0.1, 0.15) is 11.4 Å². The van der Waals surface area contributed by atoms with Crippen molar-refractivity contribution in [1.29, 1.82) is 0 Å². The lowest BCUT2D eigenvalue weighted by Gasteiger charge is -2.42. The number of carbonyl (C=O) groups is 2. The highest BCUT2D eigenvalue weighted by atomic mass is 19.1. The highest BCUT2D eigenvalue weighted by Gasteiger charge is 2.52. The van der Waals surface area contributed by atoms with Crippen LogP contribution in [0, 0.1) is 11.7 Å². The number of alkyl carbamates (subject to hydrolysis) is 1.